The first-order valence-corrected chi connectivity index (χ1v) is 11.5. The Labute approximate surface area is 186 Å². The van der Waals surface area contributed by atoms with Gasteiger partial charge in [0.25, 0.3) is 5.91 Å². The number of carbonyl (C=O) groups excluding carboxylic acids is 1. The van der Waals surface area contributed by atoms with Crippen molar-refractivity contribution in [3.8, 4) is 5.69 Å². The van der Waals surface area contributed by atoms with Crippen LogP contribution in [0.1, 0.15) is 26.6 Å². The van der Waals surface area contributed by atoms with Gasteiger partial charge in [-0.15, -0.1) is 11.3 Å². The molecule has 6 heteroatoms. The van der Waals surface area contributed by atoms with E-state index in [0.29, 0.717) is 0 Å². The Bertz CT molecular complexity index is 1200. The monoisotopic (exact) mass is 430 g/mol. The summed E-state index contributed by atoms with van der Waals surface area (Å²) in [4.78, 5) is 24.3. The van der Waals surface area contributed by atoms with Crippen LogP contribution < -0.4 is 0 Å². The standard InChI is InChI=1S/C25H26N4OS/c1-18-10-11-19(2)29(18)22-21-9-6-12-26-24(21)31-23(22)25(30)28-15-13-27(14-16-28)17-20-7-4-3-5-8-20/h3-12H,13-17H2,1-2H3. The highest BCUT2D eigenvalue weighted by Crippen LogP contribution is 2.35. The molecule has 158 valence electrons. The number of pyridine rings is 1. The van der Waals surface area contributed by atoms with E-state index in [0.717, 1.165) is 64.9 Å². The lowest BCUT2D eigenvalue weighted by molar-refractivity contribution is 0.0633. The number of thiophene rings is 1. The van der Waals surface area contributed by atoms with Crippen LogP contribution in [0.15, 0.2) is 60.8 Å². The first-order valence-electron chi connectivity index (χ1n) is 10.7. The van der Waals surface area contributed by atoms with Crippen molar-refractivity contribution in [2.75, 3.05) is 26.2 Å². The molecule has 1 fully saturated rings. The fraction of sp³-hybridized carbons (Fsp3) is 0.280. The Hall–Kier alpha value is -2.96. The summed E-state index contributed by atoms with van der Waals surface area (Å²) in [5.41, 5.74) is 4.55. The molecule has 1 amide bonds. The SMILES string of the molecule is Cc1ccc(C)n1-c1c(C(=O)N2CCN(Cc3ccccc3)CC2)sc2ncccc12. The zero-order valence-electron chi connectivity index (χ0n) is 17.9. The molecule has 0 saturated carbocycles. The van der Waals surface area contributed by atoms with E-state index in [-0.39, 0.29) is 5.91 Å². The Balaban J connectivity index is 1.41. The van der Waals surface area contributed by atoms with Crippen molar-refractivity contribution in [3.05, 3.63) is 82.6 Å². The molecular weight excluding hydrogens is 404 g/mol. The van der Waals surface area contributed by atoms with Crippen LogP contribution in [0.4, 0.5) is 0 Å². The van der Waals surface area contributed by atoms with Gasteiger partial charge in [-0.3, -0.25) is 9.69 Å². The van der Waals surface area contributed by atoms with Crippen LogP contribution >= 0.6 is 11.3 Å². The second kappa shape index (κ2) is 8.29. The molecule has 1 saturated heterocycles. The minimum atomic E-state index is 0.116. The molecule has 31 heavy (non-hydrogen) atoms. The highest BCUT2D eigenvalue weighted by atomic mass is 32.1. The second-order valence-corrected chi connectivity index (χ2v) is 9.14. The van der Waals surface area contributed by atoms with Gasteiger partial charge in [-0.25, -0.2) is 4.98 Å². The van der Waals surface area contributed by atoms with Crippen LogP contribution in [-0.4, -0.2) is 51.4 Å². The topological polar surface area (TPSA) is 41.4 Å². The number of amides is 1. The maximum Gasteiger partial charge on any atom is 0.266 e. The molecule has 4 heterocycles. The van der Waals surface area contributed by atoms with Crippen molar-refractivity contribution >= 4 is 27.5 Å². The molecule has 0 atom stereocenters. The van der Waals surface area contributed by atoms with Gasteiger partial charge in [-0.1, -0.05) is 30.3 Å². The summed E-state index contributed by atoms with van der Waals surface area (Å²) in [6.07, 6.45) is 1.80. The minimum Gasteiger partial charge on any atom is -0.335 e. The lowest BCUT2D eigenvalue weighted by Gasteiger charge is -2.34. The van der Waals surface area contributed by atoms with Crippen molar-refractivity contribution < 1.29 is 4.79 Å². The van der Waals surface area contributed by atoms with E-state index >= 15 is 0 Å². The van der Waals surface area contributed by atoms with Crippen LogP contribution in [0.5, 0.6) is 0 Å². The molecule has 1 aliphatic rings. The third kappa shape index (κ3) is 3.77. The highest BCUT2D eigenvalue weighted by Gasteiger charge is 2.28. The van der Waals surface area contributed by atoms with Crippen molar-refractivity contribution in [2.45, 2.75) is 20.4 Å². The van der Waals surface area contributed by atoms with E-state index < -0.39 is 0 Å². The number of rotatable bonds is 4. The molecule has 0 unspecified atom stereocenters. The number of carbonyl (C=O) groups is 1. The maximum atomic E-state index is 13.6. The average Bonchev–Trinajstić information content (AvgIpc) is 3.33. The molecule has 1 aliphatic heterocycles. The first kappa shape index (κ1) is 20.0. The summed E-state index contributed by atoms with van der Waals surface area (Å²) >= 11 is 1.51. The summed E-state index contributed by atoms with van der Waals surface area (Å²) in [7, 11) is 0. The molecule has 0 spiro atoms. The molecule has 3 aromatic heterocycles. The smallest absolute Gasteiger partial charge is 0.266 e. The zero-order chi connectivity index (χ0) is 21.4. The summed E-state index contributed by atoms with van der Waals surface area (Å²) in [6.45, 7) is 8.38. The predicted octanol–water partition coefficient (Wildman–Crippen LogP) is 4.66. The summed E-state index contributed by atoms with van der Waals surface area (Å²) in [6, 6.07) is 18.8. The number of nitrogens with zero attached hydrogens (tertiary/aromatic N) is 4. The molecule has 0 N–H and O–H groups in total. The lowest BCUT2D eigenvalue weighted by Crippen LogP contribution is -2.48. The van der Waals surface area contributed by atoms with E-state index in [2.05, 4.69) is 70.8 Å². The van der Waals surface area contributed by atoms with Crippen molar-refractivity contribution in [2.24, 2.45) is 0 Å². The lowest BCUT2D eigenvalue weighted by atomic mass is 10.2. The highest BCUT2D eigenvalue weighted by molar-refractivity contribution is 7.21. The van der Waals surface area contributed by atoms with Gasteiger partial charge in [0.2, 0.25) is 0 Å². The van der Waals surface area contributed by atoms with Gasteiger partial charge in [0.05, 0.1) is 5.69 Å². The molecule has 1 aromatic carbocycles. The summed E-state index contributed by atoms with van der Waals surface area (Å²) < 4.78 is 2.19. The second-order valence-electron chi connectivity index (χ2n) is 8.14. The van der Waals surface area contributed by atoms with Gasteiger partial charge in [0.15, 0.2) is 0 Å². The molecule has 0 radical (unpaired) electrons. The zero-order valence-corrected chi connectivity index (χ0v) is 18.7. The van der Waals surface area contributed by atoms with Crippen LogP contribution in [-0.2, 0) is 6.54 Å². The van der Waals surface area contributed by atoms with E-state index in [4.69, 9.17) is 0 Å². The number of aryl methyl sites for hydroxylation is 2. The third-order valence-corrected chi connectivity index (χ3v) is 7.13. The normalized spacial score (nSPS) is 15.0. The molecule has 4 aromatic rings. The Kier molecular flexibility index (Phi) is 5.34. The van der Waals surface area contributed by atoms with E-state index in [9.17, 15) is 4.79 Å². The molecule has 5 rings (SSSR count). The number of benzene rings is 1. The predicted molar refractivity (Wildman–Crippen MR) is 126 cm³/mol. The van der Waals surface area contributed by atoms with Crippen molar-refractivity contribution in [3.63, 3.8) is 0 Å². The van der Waals surface area contributed by atoms with Gasteiger partial charge in [-0.2, -0.15) is 0 Å². The fourth-order valence-corrected chi connectivity index (χ4v) is 5.50. The summed E-state index contributed by atoms with van der Waals surface area (Å²) in [5.74, 6) is 0.116. The molecule has 5 nitrogen and oxygen atoms in total. The Morgan fingerprint density at radius 2 is 1.65 bits per heavy atom. The van der Waals surface area contributed by atoms with E-state index in [1.165, 1.54) is 16.9 Å². The number of hydrogen-bond donors (Lipinski definition) is 0. The van der Waals surface area contributed by atoms with Gasteiger partial charge in [-0.05, 0) is 43.7 Å². The van der Waals surface area contributed by atoms with Gasteiger partial charge in [0, 0.05) is 55.7 Å². The Morgan fingerprint density at radius 3 is 2.35 bits per heavy atom. The molecular formula is C25H26N4OS. The fourth-order valence-electron chi connectivity index (χ4n) is 4.40. The van der Waals surface area contributed by atoms with Gasteiger partial charge in [0.1, 0.15) is 9.71 Å². The average molecular weight is 431 g/mol. The largest absolute Gasteiger partial charge is 0.335 e. The van der Waals surface area contributed by atoms with E-state index in [1.54, 1.807) is 6.20 Å². The number of fused-ring (bicyclic) bond motifs is 1. The van der Waals surface area contributed by atoms with Crippen LogP contribution in [0.3, 0.4) is 0 Å². The molecule has 0 bridgehead atoms. The van der Waals surface area contributed by atoms with Gasteiger partial charge >= 0.3 is 0 Å². The number of aromatic nitrogens is 2. The number of hydrogen-bond acceptors (Lipinski definition) is 4. The van der Waals surface area contributed by atoms with Crippen molar-refractivity contribution in [1.82, 2.24) is 19.4 Å². The van der Waals surface area contributed by atoms with Crippen LogP contribution in [0.25, 0.3) is 15.9 Å². The van der Waals surface area contributed by atoms with Crippen LogP contribution in [0, 0.1) is 13.8 Å². The van der Waals surface area contributed by atoms with Crippen LogP contribution in [0.2, 0.25) is 0 Å². The van der Waals surface area contributed by atoms with E-state index in [1.807, 2.05) is 17.0 Å². The minimum absolute atomic E-state index is 0.116. The first-order chi connectivity index (χ1) is 15.1. The Morgan fingerprint density at radius 1 is 0.935 bits per heavy atom. The number of piperazine rings is 1. The summed E-state index contributed by atoms with van der Waals surface area (Å²) in [5, 5.41) is 1.04. The van der Waals surface area contributed by atoms with Gasteiger partial charge < -0.3 is 9.47 Å². The quantitative estimate of drug-likeness (QED) is 0.473. The van der Waals surface area contributed by atoms with Crippen molar-refractivity contribution in [1.29, 1.82) is 0 Å². The maximum absolute atomic E-state index is 13.6. The third-order valence-electron chi connectivity index (χ3n) is 6.04. The molecule has 0 aliphatic carbocycles.